The summed E-state index contributed by atoms with van der Waals surface area (Å²) in [6.45, 7) is 1.21. The SMILES string of the molecule is COc1ccc(NC(=S)N2CCC3C[C@@H]2c2cc(-c4ccc5c(c4)OCO5)ccc23)c(OC)c1. The van der Waals surface area contributed by atoms with Gasteiger partial charge in [0.05, 0.1) is 25.9 Å². The number of thiocarbonyl (C=S) groups is 1. The summed E-state index contributed by atoms with van der Waals surface area (Å²) < 4.78 is 21.9. The fourth-order valence-corrected chi connectivity index (χ4v) is 5.69. The van der Waals surface area contributed by atoms with Crippen molar-refractivity contribution in [2.75, 3.05) is 32.9 Å². The van der Waals surface area contributed by atoms with Crippen LogP contribution in [0.4, 0.5) is 5.69 Å². The van der Waals surface area contributed by atoms with Gasteiger partial charge in [-0.2, -0.15) is 0 Å². The molecule has 3 aliphatic rings. The Hall–Kier alpha value is -3.45. The first-order valence-corrected chi connectivity index (χ1v) is 11.9. The number of likely N-dealkylation sites (tertiary alicyclic amines) is 1. The lowest BCUT2D eigenvalue weighted by Gasteiger charge is -2.36. The maximum absolute atomic E-state index is 5.89. The van der Waals surface area contributed by atoms with E-state index in [0.29, 0.717) is 16.8 Å². The van der Waals surface area contributed by atoms with Gasteiger partial charge >= 0.3 is 0 Å². The Balaban J connectivity index is 1.28. The number of hydrogen-bond donors (Lipinski definition) is 1. The van der Waals surface area contributed by atoms with Crippen molar-refractivity contribution in [2.24, 2.45) is 0 Å². The molecule has 0 amide bonds. The molecule has 34 heavy (non-hydrogen) atoms. The van der Waals surface area contributed by atoms with Gasteiger partial charge in [0.15, 0.2) is 16.6 Å². The highest BCUT2D eigenvalue weighted by Crippen LogP contribution is 2.50. The molecule has 1 fully saturated rings. The fraction of sp³-hybridized carbons (Fsp3) is 0.296. The summed E-state index contributed by atoms with van der Waals surface area (Å²) >= 11 is 5.89. The van der Waals surface area contributed by atoms with E-state index >= 15 is 0 Å². The third kappa shape index (κ3) is 3.51. The zero-order chi connectivity index (χ0) is 23.2. The summed E-state index contributed by atoms with van der Waals surface area (Å²) in [5.41, 5.74) is 5.96. The van der Waals surface area contributed by atoms with Gasteiger partial charge in [-0.3, -0.25) is 0 Å². The molecule has 2 bridgehead atoms. The second-order valence-corrected chi connectivity index (χ2v) is 9.23. The average molecular weight is 475 g/mol. The number of benzene rings is 3. The largest absolute Gasteiger partial charge is 0.497 e. The zero-order valence-corrected chi connectivity index (χ0v) is 20.0. The van der Waals surface area contributed by atoms with Gasteiger partial charge in [-0.1, -0.05) is 18.2 Å². The van der Waals surface area contributed by atoms with E-state index in [0.717, 1.165) is 47.9 Å². The topological polar surface area (TPSA) is 52.2 Å². The number of methoxy groups -OCH3 is 2. The number of nitrogens with zero attached hydrogens (tertiary/aromatic N) is 1. The maximum atomic E-state index is 5.89. The summed E-state index contributed by atoms with van der Waals surface area (Å²) in [5, 5.41) is 4.13. The van der Waals surface area contributed by atoms with Crippen LogP contribution >= 0.6 is 12.2 Å². The number of piperidine rings is 1. The van der Waals surface area contributed by atoms with Crippen molar-refractivity contribution in [1.82, 2.24) is 4.90 Å². The summed E-state index contributed by atoms with van der Waals surface area (Å²) in [4.78, 5) is 2.32. The van der Waals surface area contributed by atoms with Crippen LogP contribution in [0.1, 0.15) is 35.9 Å². The molecule has 0 saturated carbocycles. The molecular weight excluding hydrogens is 448 g/mol. The third-order valence-electron chi connectivity index (χ3n) is 7.11. The minimum absolute atomic E-state index is 0.256. The molecule has 3 aromatic carbocycles. The number of fused-ring (bicyclic) bond motifs is 6. The van der Waals surface area contributed by atoms with Crippen LogP contribution in [0.5, 0.6) is 23.0 Å². The Morgan fingerprint density at radius 3 is 2.62 bits per heavy atom. The third-order valence-corrected chi connectivity index (χ3v) is 7.44. The second kappa shape index (κ2) is 8.40. The van der Waals surface area contributed by atoms with Crippen molar-refractivity contribution >= 4 is 23.0 Å². The Kier molecular flexibility index (Phi) is 5.21. The first-order chi connectivity index (χ1) is 16.6. The van der Waals surface area contributed by atoms with E-state index < -0.39 is 0 Å². The molecule has 2 heterocycles. The van der Waals surface area contributed by atoms with Gasteiger partial charge in [0, 0.05) is 12.6 Å². The van der Waals surface area contributed by atoms with E-state index in [9.17, 15) is 0 Å². The number of rotatable bonds is 4. The van der Waals surface area contributed by atoms with Crippen LogP contribution in [0.15, 0.2) is 54.6 Å². The summed E-state index contributed by atoms with van der Waals surface area (Å²) in [6, 6.07) is 18.9. The van der Waals surface area contributed by atoms with Crippen molar-refractivity contribution in [3.8, 4) is 34.1 Å². The van der Waals surface area contributed by atoms with Crippen molar-refractivity contribution in [2.45, 2.75) is 24.8 Å². The molecule has 1 unspecified atom stereocenters. The normalized spacial score (nSPS) is 19.5. The Labute approximate surface area is 204 Å². The Morgan fingerprint density at radius 2 is 1.76 bits per heavy atom. The highest BCUT2D eigenvalue weighted by atomic mass is 32.1. The molecule has 1 aliphatic carbocycles. The van der Waals surface area contributed by atoms with Crippen LogP contribution in [0.25, 0.3) is 11.1 Å². The lowest BCUT2D eigenvalue weighted by Crippen LogP contribution is -2.40. The molecule has 0 radical (unpaired) electrons. The molecule has 7 heteroatoms. The molecular formula is C27H26N2O4S. The van der Waals surface area contributed by atoms with Gasteiger partial charge in [-0.25, -0.2) is 0 Å². The molecule has 0 spiro atoms. The summed E-state index contributed by atoms with van der Waals surface area (Å²) in [7, 11) is 3.30. The van der Waals surface area contributed by atoms with Gasteiger partial charge in [-0.05, 0) is 83.6 Å². The second-order valence-electron chi connectivity index (χ2n) is 8.84. The van der Waals surface area contributed by atoms with Crippen LogP contribution < -0.4 is 24.3 Å². The van der Waals surface area contributed by atoms with Crippen molar-refractivity contribution in [1.29, 1.82) is 0 Å². The minimum Gasteiger partial charge on any atom is -0.497 e. The van der Waals surface area contributed by atoms with Gasteiger partial charge < -0.3 is 29.2 Å². The molecule has 3 aromatic rings. The van der Waals surface area contributed by atoms with Crippen molar-refractivity contribution in [3.05, 3.63) is 65.7 Å². The highest BCUT2D eigenvalue weighted by molar-refractivity contribution is 7.80. The van der Waals surface area contributed by atoms with E-state index in [-0.39, 0.29) is 12.8 Å². The molecule has 0 aromatic heterocycles. The molecule has 2 aliphatic heterocycles. The fourth-order valence-electron chi connectivity index (χ4n) is 5.37. The lowest BCUT2D eigenvalue weighted by atomic mass is 9.95. The van der Waals surface area contributed by atoms with Crippen LogP contribution in [-0.4, -0.2) is 37.6 Å². The average Bonchev–Trinajstić information content (AvgIpc) is 3.46. The molecule has 6 nitrogen and oxygen atoms in total. The van der Waals surface area contributed by atoms with Crippen LogP contribution in [0, 0.1) is 0 Å². The quantitative estimate of drug-likeness (QED) is 0.485. The first kappa shape index (κ1) is 21.1. The smallest absolute Gasteiger partial charge is 0.231 e. The molecule has 1 saturated heterocycles. The number of nitrogens with one attached hydrogen (secondary N) is 1. The van der Waals surface area contributed by atoms with E-state index in [1.54, 1.807) is 14.2 Å². The summed E-state index contributed by atoms with van der Waals surface area (Å²) in [6.07, 6.45) is 2.18. The minimum atomic E-state index is 0.256. The van der Waals surface area contributed by atoms with Gasteiger partial charge in [0.25, 0.3) is 0 Å². The molecule has 2 atom stereocenters. The standard InChI is InChI=1S/C27H26N2O4S/c1-30-19-5-7-22(25(14-19)31-2)28-27(34)29-10-9-18-12-23(29)21-11-16(3-6-20(18)21)17-4-8-24-26(13-17)33-15-32-24/h3-8,11,13-14,18,23H,9-10,12,15H2,1-2H3,(H,28,34)/t18?,23-/m1/s1. The monoisotopic (exact) mass is 474 g/mol. The Bertz CT molecular complexity index is 1280. The van der Waals surface area contributed by atoms with Crippen molar-refractivity contribution in [3.63, 3.8) is 0 Å². The first-order valence-electron chi connectivity index (χ1n) is 11.5. The van der Waals surface area contributed by atoms with Crippen LogP contribution in [-0.2, 0) is 0 Å². The number of ether oxygens (including phenoxy) is 4. The number of hydrogen-bond acceptors (Lipinski definition) is 5. The van der Waals surface area contributed by atoms with E-state index in [1.807, 2.05) is 24.3 Å². The van der Waals surface area contributed by atoms with Gasteiger partial charge in [0.1, 0.15) is 11.5 Å². The van der Waals surface area contributed by atoms with E-state index in [1.165, 1.54) is 16.7 Å². The molecule has 1 N–H and O–H groups in total. The van der Waals surface area contributed by atoms with Gasteiger partial charge in [0.2, 0.25) is 6.79 Å². The predicted octanol–water partition coefficient (Wildman–Crippen LogP) is 5.73. The molecule has 174 valence electrons. The Morgan fingerprint density at radius 1 is 0.941 bits per heavy atom. The highest BCUT2D eigenvalue weighted by Gasteiger charge is 2.40. The predicted molar refractivity (Wildman–Crippen MR) is 135 cm³/mol. The molecule has 6 rings (SSSR count). The maximum Gasteiger partial charge on any atom is 0.231 e. The summed E-state index contributed by atoms with van der Waals surface area (Å²) in [5.74, 6) is 3.64. The van der Waals surface area contributed by atoms with Gasteiger partial charge in [-0.15, -0.1) is 0 Å². The van der Waals surface area contributed by atoms with E-state index in [2.05, 4.69) is 40.5 Å². The lowest BCUT2D eigenvalue weighted by molar-refractivity contribution is 0.174. The zero-order valence-electron chi connectivity index (χ0n) is 19.2. The number of anilines is 1. The van der Waals surface area contributed by atoms with Crippen molar-refractivity contribution < 1.29 is 18.9 Å². The van der Waals surface area contributed by atoms with E-state index in [4.69, 9.17) is 31.2 Å². The van der Waals surface area contributed by atoms with Crippen LogP contribution in [0.3, 0.4) is 0 Å². The van der Waals surface area contributed by atoms with Crippen LogP contribution in [0.2, 0.25) is 0 Å².